The molecule has 5 rings (SSSR count). The lowest BCUT2D eigenvalue weighted by molar-refractivity contribution is 0.0749. The predicted molar refractivity (Wildman–Crippen MR) is 127 cm³/mol. The number of halogens is 1. The summed E-state index contributed by atoms with van der Waals surface area (Å²) in [5.41, 5.74) is 2.40. The first-order valence-corrected chi connectivity index (χ1v) is 12.0. The summed E-state index contributed by atoms with van der Waals surface area (Å²) in [4.78, 5) is 17.4. The Kier molecular flexibility index (Phi) is 6.58. The summed E-state index contributed by atoms with van der Waals surface area (Å²) in [6.45, 7) is 4.36. The lowest BCUT2D eigenvalue weighted by Gasteiger charge is -2.34. The van der Waals surface area contributed by atoms with Gasteiger partial charge in [-0.15, -0.1) is 0 Å². The van der Waals surface area contributed by atoms with Crippen molar-refractivity contribution in [3.05, 3.63) is 95.7 Å². The maximum absolute atomic E-state index is 14.0. The van der Waals surface area contributed by atoms with E-state index in [1.54, 1.807) is 24.3 Å². The van der Waals surface area contributed by atoms with Crippen molar-refractivity contribution >= 4 is 5.91 Å². The molecule has 2 fully saturated rings. The van der Waals surface area contributed by atoms with E-state index in [0.717, 1.165) is 37.5 Å². The number of hydrogen-bond acceptors (Lipinski definition) is 3. The maximum atomic E-state index is 14.0. The molecule has 0 saturated carbocycles. The summed E-state index contributed by atoms with van der Waals surface area (Å²) in [7, 11) is 0. The normalized spacial score (nSPS) is 22.0. The summed E-state index contributed by atoms with van der Waals surface area (Å²) in [5.74, 6) is 1.20. The number of carbonyl (C=O) groups excluding carboxylic acids is 1. The van der Waals surface area contributed by atoms with E-state index >= 15 is 0 Å². The molecule has 2 atom stereocenters. The Morgan fingerprint density at radius 3 is 2.52 bits per heavy atom. The van der Waals surface area contributed by atoms with E-state index in [4.69, 9.17) is 4.42 Å². The van der Waals surface area contributed by atoms with Gasteiger partial charge in [-0.1, -0.05) is 42.5 Å². The third-order valence-corrected chi connectivity index (χ3v) is 7.30. The Morgan fingerprint density at radius 2 is 1.79 bits per heavy atom. The van der Waals surface area contributed by atoms with Crippen LogP contribution in [0.1, 0.15) is 40.4 Å². The lowest BCUT2D eigenvalue weighted by atomic mass is 9.86. The zero-order chi connectivity index (χ0) is 22.6. The Morgan fingerprint density at radius 1 is 0.970 bits per heavy atom. The van der Waals surface area contributed by atoms with Crippen LogP contribution in [-0.2, 0) is 6.42 Å². The van der Waals surface area contributed by atoms with Gasteiger partial charge < -0.3 is 14.2 Å². The van der Waals surface area contributed by atoms with Crippen molar-refractivity contribution in [1.29, 1.82) is 0 Å². The molecule has 0 radical (unpaired) electrons. The van der Waals surface area contributed by atoms with E-state index in [1.807, 2.05) is 11.0 Å². The minimum Gasteiger partial charge on any atom is -0.459 e. The Balaban J connectivity index is 1.24. The highest BCUT2D eigenvalue weighted by Gasteiger charge is 2.38. The van der Waals surface area contributed by atoms with Gasteiger partial charge in [0.1, 0.15) is 5.82 Å². The number of amides is 1. The van der Waals surface area contributed by atoms with Crippen molar-refractivity contribution in [1.82, 2.24) is 9.80 Å². The molecule has 2 unspecified atom stereocenters. The molecule has 1 amide bonds. The number of hydrogen-bond donors (Lipinski definition) is 0. The van der Waals surface area contributed by atoms with Gasteiger partial charge in [-0.2, -0.15) is 0 Å². The fourth-order valence-electron chi connectivity index (χ4n) is 5.55. The van der Waals surface area contributed by atoms with Gasteiger partial charge in [0, 0.05) is 25.6 Å². The van der Waals surface area contributed by atoms with E-state index in [2.05, 4.69) is 35.2 Å². The topological polar surface area (TPSA) is 36.7 Å². The molecule has 3 heterocycles. The van der Waals surface area contributed by atoms with Gasteiger partial charge in [0.2, 0.25) is 0 Å². The number of rotatable bonds is 6. The van der Waals surface area contributed by atoms with E-state index in [0.29, 0.717) is 18.8 Å². The van der Waals surface area contributed by atoms with Crippen LogP contribution < -0.4 is 0 Å². The first-order valence-electron chi connectivity index (χ1n) is 12.0. The average Bonchev–Trinajstić information content (AvgIpc) is 3.51. The average molecular weight is 447 g/mol. The molecule has 0 aliphatic carbocycles. The molecule has 2 saturated heterocycles. The Bertz CT molecular complexity index is 1040. The third kappa shape index (κ3) is 5.19. The van der Waals surface area contributed by atoms with Gasteiger partial charge in [0.25, 0.3) is 5.91 Å². The van der Waals surface area contributed by atoms with E-state index in [9.17, 15) is 9.18 Å². The second-order valence-electron chi connectivity index (χ2n) is 9.54. The van der Waals surface area contributed by atoms with Crippen LogP contribution >= 0.6 is 0 Å². The molecular formula is C28H31FN2O2. The van der Waals surface area contributed by atoms with Gasteiger partial charge in [-0.05, 0) is 79.6 Å². The number of nitrogens with zero attached hydrogens (tertiary/aromatic N) is 2. The molecule has 2 aliphatic heterocycles. The Hall–Kier alpha value is -2.92. The van der Waals surface area contributed by atoms with Crippen molar-refractivity contribution < 1.29 is 13.6 Å². The SMILES string of the molecule is O=C(c1ccco1)N1CC(CN2CCC(Cc3ccccc3)CC2)C(c2cccc(F)c2)C1. The minimum atomic E-state index is -0.219. The molecule has 2 aliphatic rings. The largest absolute Gasteiger partial charge is 0.459 e. The summed E-state index contributed by atoms with van der Waals surface area (Å²) >= 11 is 0. The standard InChI is InChI=1S/C28H31FN2O2/c29-25-9-4-8-23(17-25)26-20-31(28(32)27-10-5-15-33-27)19-24(26)18-30-13-11-22(12-14-30)16-21-6-2-1-3-7-21/h1-10,15,17,22,24,26H,11-14,16,18-20H2. The van der Waals surface area contributed by atoms with Gasteiger partial charge >= 0.3 is 0 Å². The Labute approximate surface area is 195 Å². The fourth-order valence-corrected chi connectivity index (χ4v) is 5.55. The van der Waals surface area contributed by atoms with Crippen LogP contribution in [0.4, 0.5) is 4.39 Å². The number of piperidine rings is 1. The molecule has 4 nitrogen and oxygen atoms in total. The van der Waals surface area contributed by atoms with Crippen LogP contribution in [0, 0.1) is 17.7 Å². The van der Waals surface area contributed by atoms with Crippen LogP contribution in [-0.4, -0.2) is 48.4 Å². The van der Waals surface area contributed by atoms with Gasteiger partial charge in [-0.3, -0.25) is 4.79 Å². The molecule has 1 aromatic heterocycles. The van der Waals surface area contributed by atoms with Gasteiger partial charge in [0.05, 0.1) is 6.26 Å². The quantitative estimate of drug-likeness (QED) is 0.520. The molecular weight excluding hydrogens is 415 g/mol. The summed E-state index contributed by atoms with van der Waals surface area (Å²) < 4.78 is 19.4. The van der Waals surface area contributed by atoms with Crippen LogP contribution in [0.15, 0.2) is 77.4 Å². The minimum absolute atomic E-state index is 0.0783. The van der Waals surface area contributed by atoms with Crippen LogP contribution in [0.2, 0.25) is 0 Å². The second kappa shape index (κ2) is 9.92. The van der Waals surface area contributed by atoms with E-state index < -0.39 is 0 Å². The maximum Gasteiger partial charge on any atom is 0.289 e. The molecule has 0 bridgehead atoms. The summed E-state index contributed by atoms with van der Waals surface area (Å²) in [6.07, 6.45) is 5.07. The van der Waals surface area contributed by atoms with Crippen molar-refractivity contribution in [2.75, 3.05) is 32.7 Å². The van der Waals surface area contributed by atoms with Crippen molar-refractivity contribution in [2.24, 2.45) is 11.8 Å². The highest BCUT2D eigenvalue weighted by molar-refractivity contribution is 5.91. The van der Waals surface area contributed by atoms with Gasteiger partial charge in [-0.25, -0.2) is 4.39 Å². The first-order chi connectivity index (χ1) is 16.2. The third-order valence-electron chi connectivity index (χ3n) is 7.30. The van der Waals surface area contributed by atoms with Crippen LogP contribution in [0.3, 0.4) is 0 Å². The molecule has 2 aromatic carbocycles. The van der Waals surface area contributed by atoms with Crippen molar-refractivity contribution in [3.8, 4) is 0 Å². The molecule has 172 valence electrons. The van der Waals surface area contributed by atoms with E-state index in [1.165, 1.54) is 30.7 Å². The van der Waals surface area contributed by atoms with Crippen LogP contribution in [0.5, 0.6) is 0 Å². The molecule has 0 spiro atoms. The van der Waals surface area contributed by atoms with Crippen molar-refractivity contribution in [2.45, 2.75) is 25.2 Å². The highest BCUT2D eigenvalue weighted by atomic mass is 19.1. The zero-order valence-corrected chi connectivity index (χ0v) is 18.9. The summed E-state index contributed by atoms with van der Waals surface area (Å²) in [6, 6.07) is 21.1. The van der Waals surface area contributed by atoms with Gasteiger partial charge in [0.15, 0.2) is 5.76 Å². The highest BCUT2D eigenvalue weighted by Crippen LogP contribution is 2.35. The van der Waals surface area contributed by atoms with Crippen LogP contribution in [0.25, 0.3) is 0 Å². The second-order valence-corrected chi connectivity index (χ2v) is 9.54. The smallest absolute Gasteiger partial charge is 0.289 e. The molecule has 5 heteroatoms. The zero-order valence-electron chi connectivity index (χ0n) is 18.9. The number of benzene rings is 2. The number of likely N-dealkylation sites (tertiary alicyclic amines) is 2. The molecule has 0 N–H and O–H groups in total. The van der Waals surface area contributed by atoms with Crippen molar-refractivity contribution in [3.63, 3.8) is 0 Å². The molecule has 33 heavy (non-hydrogen) atoms. The monoisotopic (exact) mass is 446 g/mol. The number of carbonyl (C=O) groups is 1. The fraction of sp³-hybridized carbons (Fsp3) is 0.393. The predicted octanol–water partition coefficient (Wildman–Crippen LogP) is 5.23. The summed E-state index contributed by atoms with van der Waals surface area (Å²) in [5, 5.41) is 0. The number of furan rings is 1. The molecule has 3 aromatic rings. The van der Waals surface area contributed by atoms with E-state index in [-0.39, 0.29) is 23.6 Å². The lowest BCUT2D eigenvalue weighted by Crippen LogP contribution is -2.39. The first kappa shape index (κ1) is 21.9.